The fraction of sp³-hybridized carbons (Fsp3) is 0.450. The summed E-state index contributed by atoms with van der Waals surface area (Å²) < 4.78 is 19.4. The first kappa shape index (κ1) is 18.6. The number of carbonyl (C=O) groups is 1. The van der Waals surface area contributed by atoms with Gasteiger partial charge in [0, 0.05) is 38.8 Å². The van der Waals surface area contributed by atoms with Crippen LogP contribution in [-0.4, -0.2) is 66.7 Å². The molecule has 1 atom stereocenters. The van der Waals surface area contributed by atoms with Gasteiger partial charge in [0.1, 0.15) is 18.0 Å². The third kappa shape index (κ3) is 3.64. The molecule has 28 heavy (non-hydrogen) atoms. The molecule has 2 fully saturated rings. The Hall–Kier alpha value is -2.74. The average molecular weight is 385 g/mol. The van der Waals surface area contributed by atoms with Gasteiger partial charge in [0.2, 0.25) is 11.8 Å². The Labute approximate surface area is 163 Å². The summed E-state index contributed by atoms with van der Waals surface area (Å²) in [5.41, 5.74) is 0.379. The number of benzene rings is 1. The largest absolute Gasteiger partial charge is 0.481 e. The van der Waals surface area contributed by atoms with Crippen molar-refractivity contribution in [3.63, 3.8) is 0 Å². The van der Waals surface area contributed by atoms with Crippen molar-refractivity contribution in [3.05, 3.63) is 42.5 Å². The van der Waals surface area contributed by atoms with E-state index in [1.807, 2.05) is 6.07 Å². The summed E-state index contributed by atoms with van der Waals surface area (Å²) in [7, 11) is 1.58. The highest BCUT2D eigenvalue weighted by Gasteiger charge is 2.36. The summed E-state index contributed by atoms with van der Waals surface area (Å²) in [5, 5.41) is 0. The Kier molecular flexibility index (Phi) is 5.38. The van der Waals surface area contributed by atoms with Gasteiger partial charge >= 0.3 is 0 Å². The van der Waals surface area contributed by atoms with Crippen LogP contribution < -0.4 is 14.5 Å². The lowest BCUT2D eigenvalue weighted by Gasteiger charge is -2.42. The van der Waals surface area contributed by atoms with Gasteiger partial charge in [0.05, 0.1) is 18.8 Å². The minimum absolute atomic E-state index is 0.00601. The number of rotatable bonds is 4. The predicted octanol–water partition coefficient (Wildman–Crippen LogP) is 1.94. The molecule has 4 rings (SSSR count). The van der Waals surface area contributed by atoms with Gasteiger partial charge in [-0.25, -0.2) is 14.4 Å². The molecule has 7 nitrogen and oxygen atoms in total. The summed E-state index contributed by atoms with van der Waals surface area (Å²) in [5.74, 6) is 1.01. The summed E-state index contributed by atoms with van der Waals surface area (Å²) in [6.07, 6.45) is 3.18. The topological polar surface area (TPSA) is 61.8 Å². The fourth-order valence-corrected chi connectivity index (χ4v) is 3.98. The monoisotopic (exact) mass is 385 g/mol. The highest BCUT2D eigenvalue weighted by molar-refractivity contribution is 5.98. The number of piperazine rings is 1. The molecule has 2 aliphatic heterocycles. The summed E-state index contributed by atoms with van der Waals surface area (Å²) in [6.45, 7) is 3.62. The minimum Gasteiger partial charge on any atom is -0.481 e. The van der Waals surface area contributed by atoms with Crippen LogP contribution in [0.2, 0.25) is 0 Å². The average Bonchev–Trinajstić information content (AvgIpc) is 2.75. The maximum Gasteiger partial charge on any atom is 0.244 e. The molecule has 0 saturated carbocycles. The van der Waals surface area contributed by atoms with E-state index in [-0.39, 0.29) is 17.8 Å². The van der Waals surface area contributed by atoms with E-state index in [0.29, 0.717) is 18.1 Å². The van der Waals surface area contributed by atoms with E-state index in [1.165, 1.54) is 12.4 Å². The normalized spacial score (nSPS) is 21.1. The van der Waals surface area contributed by atoms with Gasteiger partial charge in [0.15, 0.2) is 0 Å². The first-order valence-electron chi connectivity index (χ1n) is 9.58. The zero-order valence-corrected chi connectivity index (χ0v) is 15.9. The molecule has 1 unspecified atom stereocenters. The molecular formula is C20H24FN5O2. The van der Waals surface area contributed by atoms with Gasteiger partial charge < -0.3 is 14.5 Å². The highest BCUT2D eigenvalue weighted by Crippen LogP contribution is 2.27. The van der Waals surface area contributed by atoms with Gasteiger partial charge in [-0.3, -0.25) is 9.69 Å². The van der Waals surface area contributed by atoms with Crippen molar-refractivity contribution in [1.82, 2.24) is 14.9 Å². The SMILES string of the molecule is COc1cc(N2CCN(C3CCCN(c4ccccc4F)C3=O)CC2)ncn1. The van der Waals surface area contributed by atoms with Crippen LogP contribution in [0.3, 0.4) is 0 Å². The number of piperidine rings is 1. The quantitative estimate of drug-likeness (QED) is 0.802. The summed E-state index contributed by atoms with van der Waals surface area (Å²) in [6, 6.07) is 8.12. The number of methoxy groups -OCH3 is 1. The van der Waals surface area contributed by atoms with Crippen LogP contribution >= 0.6 is 0 Å². The molecule has 148 valence electrons. The van der Waals surface area contributed by atoms with Crippen molar-refractivity contribution in [2.45, 2.75) is 18.9 Å². The molecule has 3 heterocycles. The van der Waals surface area contributed by atoms with E-state index >= 15 is 0 Å². The molecule has 8 heteroatoms. The summed E-state index contributed by atoms with van der Waals surface area (Å²) in [4.78, 5) is 27.4. The molecule has 1 aromatic heterocycles. The van der Waals surface area contributed by atoms with E-state index in [2.05, 4.69) is 19.8 Å². The summed E-state index contributed by atoms with van der Waals surface area (Å²) >= 11 is 0. The third-order valence-corrected chi connectivity index (χ3v) is 5.47. The van der Waals surface area contributed by atoms with E-state index in [9.17, 15) is 9.18 Å². The number of hydrogen-bond donors (Lipinski definition) is 0. The van der Waals surface area contributed by atoms with Crippen LogP contribution in [0.15, 0.2) is 36.7 Å². The maximum absolute atomic E-state index is 14.2. The number of nitrogens with zero attached hydrogens (tertiary/aromatic N) is 5. The molecule has 0 N–H and O–H groups in total. The smallest absolute Gasteiger partial charge is 0.244 e. The van der Waals surface area contributed by atoms with Crippen molar-refractivity contribution in [2.24, 2.45) is 0 Å². The van der Waals surface area contributed by atoms with Crippen LogP contribution in [-0.2, 0) is 4.79 Å². The first-order chi connectivity index (χ1) is 13.7. The molecule has 0 bridgehead atoms. The molecule has 1 aromatic carbocycles. The van der Waals surface area contributed by atoms with Crippen molar-refractivity contribution in [2.75, 3.05) is 49.6 Å². The molecule has 0 aliphatic carbocycles. The van der Waals surface area contributed by atoms with Crippen molar-refractivity contribution < 1.29 is 13.9 Å². The number of carbonyl (C=O) groups excluding carboxylic acids is 1. The standard InChI is InChI=1S/C20H24FN5O2/c1-28-19-13-18(22-14-23-19)25-11-9-24(10-12-25)17-7-4-8-26(20(17)27)16-6-3-2-5-15(16)21/h2-3,5-6,13-14,17H,4,7-12H2,1H3. The van der Waals surface area contributed by atoms with Crippen LogP contribution in [0.1, 0.15) is 12.8 Å². The molecule has 2 saturated heterocycles. The number of halogens is 1. The number of para-hydroxylation sites is 1. The Balaban J connectivity index is 1.42. The van der Waals surface area contributed by atoms with E-state index in [1.54, 1.807) is 30.2 Å². The lowest BCUT2D eigenvalue weighted by molar-refractivity contribution is -0.125. The molecule has 2 aromatic rings. The maximum atomic E-state index is 14.2. The Morgan fingerprint density at radius 2 is 1.89 bits per heavy atom. The van der Waals surface area contributed by atoms with Crippen molar-refractivity contribution >= 4 is 17.4 Å². The minimum atomic E-state index is -0.348. The second-order valence-electron chi connectivity index (χ2n) is 7.04. The van der Waals surface area contributed by atoms with Crippen LogP contribution in [0.5, 0.6) is 5.88 Å². The second kappa shape index (κ2) is 8.10. The predicted molar refractivity (Wildman–Crippen MR) is 104 cm³/mol. The Morgan fingerprint density at radius 3 is 2.64 bits per heavy atom. The van der Waals surface area contributed by atoms with E-state index in [4.69, 9.17) is 4.74 Å². The molecule has 0 spiro atoms. The lowest BCUT2D eigenvalue weighted by Crippen LogP contribution is -2.58. The van der Waals surface area contributed by atoms with Gasteiger partial charge in [-0.15, -0.1) is 0 Å². The van der Waals surface area contributed by atoms with E-state index in [0.717, 1.165) is 44.8 Å². The van der Waals surface area contributed by atoms with Gasteiger partial charge in [-0.1, -0.05) is 12.1 Å². The second-order valence-corrected chi connectivity index (χ2v) is 7.04. The van der Waals surface area contributed by atoms with Gasteiger partial charge in [-0.05, 0) is 25.0 Å². The van der Waals surface area contributed by atoms with Gasteiger partial charge in [0.25, 0.3) is 0 Å². The number of aromatic nitrogens is 2. The Morgan fingerprint density at radius 1 is 1.11 bits per heavy atom. The number of hydrogen-bond acceptors (Lipinski definition) is 6. The molecule has 2 aliphatic rings. The fourth-order valence-electron chi connectivity index (χ4n) is 3.98. The molecular weight excluding hydrogens is 361 g/mol. The molecule has 0 radical (unpaired) electrons. The van der Waals surface area contributed by atoms with Crippen molar-refractivity contribution in [3.8, 4) is 5.88 Å². The van der Waals surface area contributed by atoms with Crippen LogP contribution in [0.4, 0.5) is 15.9 Å². The van der Waals surface area contributed by atoms with Crippen molar-refractivity contribution in [1.29, 1.82) is 0 Å². The number of amides is 1. The number of ether oxygens (including phenoxy) is 1. The first-order valence-corrected chi connectivity index (χ1v) is 9.58. The third-order valence-electron chi connectivity index (χ3n) is 5.47. The van der Waals surface area contributed by atoms with Crippen LogP contribution in [0.25, 0.3) is 0 Å². The highest BCUT2D eigenvalue weighted by atomic mass is 19.1. The zero-order valence-electron chi connectivity index (χ0n) is 15.9. The van der Waals surface area contributed by atoms with Gasteiger partial charge in [-0.2, -0.15) is 0 Å². The van der Waals surface area contributed by atoms with E-state index < -0.39 is 0 Å². The zero-order chi connectivity index (χ0) is 19.5. The lowest BCUT2D eigenvalue weighted by atomic mass is 10.0. The molecule has 1 amide bonds. The number of anilines is 2. The van der Waals surface area contributed by atoms with Crippen LogP contribution in [0, 0.1) is 5.82 Å². The Bertz CT molecular complexity index is 841.